The van der Waals surface area contributed by atoms with Gasteiger partial charge in [-0.1, -0.05) is 6.92 Å². The molecule has 2 amide bonds. The fraction of sp³-hybridized carbons (Fsp3) is 0.333. The number of hydrogen-bond acceptors (Lipinski definition) is 2. The first-order valence-electron chi connectivity index (χ1n) is 5.49. The predicted octanol–water partition coefficient (Wildman–Crippen LogP) is 1.07. The van der Waals surface area contributed by atoms with Crippen LogP contribution in [0.15, 0.2) is 24.3 Å². The fourth-order valence-electron chi connectivity index (χ4n) is 1.95. The Morgan fingerprint density at radius 2 is 2.00 bits per heavy atom. The summed E-state index contributed by atoms with van der Waals surface area (Å²) in [4.78, 5) is 24.9. The number of nitrogens with zero attached hydrogens (tertiary/aromatic N) is 1. The first-order valence-corrected chi connectivity index (χ1v) is 5.49. The van der Waals surface area contributed by atoms with E-state index in [2.05, 4.69) is 5.32 Å². The van der Waals surface area contributed by atoms with Crippen molar-refractivity contribution in [3.05, 3.63) is 30.1 Å². The lowest BCUT2D eigenvalue weighted by Crippen LogP contribution is -2.58. The van der Waals surface area contributed by atoms with Crippen molar-refractivity contribution in [1.82, 2.24) is 5.32 Å². The highest BCUT2D eigenvalue weighted by molar-refractivity contribution is 6.06. The van der Waals surface area contributed by atoms with Gasteiger partial charge in [0.15, 0.2) is 0 Å². The van der Waals surface area contributed by atoms with Crippen LogP contribution < -0.4 is 10.2 Å². The molecule has 0 aromatic heterocycles. The molecule has 1 fully saturated rings. The molecule has 0 spiro atoms. The molecule has 17 heavy (non-hydrogen) atoms. The van der Waals surface area contributed by atoms with Gasteiger partial charge in [-0.25, -0.2) is 4.39 Å². The molecule has 1 heterocycles. The van der Waals surface area contributed by atoms with Gasteiger partial charge in [-0.3, -0.25) is 14.5 Å². The van der Waals surface area contributed by atoms with Crippen molar-refractivity contribution in [3.63, 3.8) is 0 Å². The molecule has 0 saturated carbocycles. The van der Waals surface area contributed by atoms with Gasteiger partial charge in [0.1, 0.15) is 11.9 Å². The van der Waals surface area contributed by atoms with Crippen LogP contribution >= 0.6 is 0 Å². The molecule has 0 aliphatic carbocycles. The van der Waals surface area contributed by atoms with E-state index in [9.17, 15) is 14.0 Å². The molecule has 0 radical (unpaired) electrons. The van der Waals surface area contributed by atoms with Gasteiger partial charge in [0.05, 0.1) is 6.54 Å². The standard InChI is InChI=1S/C12H13FN2O2/c1-2-10-12(17)14-7-11(16)15(10)9-5-3-8(13)4-6-9/h3-6,10H,2,7H2,1H3,(H,14,17). The van der Waals surface area contributed by atoms with Gasteiger partial charge in [-0.2, -0.15) is 0 Å². The highest BCUT2D eigenvalue weighted by Gasteiger charge is 2.33. The van der Waals surface area contributed by atoms with Crippen LogP contribution in [-0.4, -0.2) is 24.4 Å². The Kier molecular flexibility index (Phi) is 3.08. The van der Waals surface area contributed by atoms with Gasteiger partial charge < -0.3 is 5.32 Å². The summed E-state index contributed by atoms with van der Waals surface area (Å²) in [6.07, 6.45) is 0.523. The summed E-state index contributed by atoms with van der Waals surface area (Å²) < 4.78 is 12.8. The van der Waals surface area contributed by atoms with Gasteiger partial charge in [-0.05, 0) is 30.7 Å². The van der Waals surface area contributed by atoms with Crippen LogP contribution in [0.2, 0.25) is 0 Å². The summed E-state index contributed by atoms with van der Waals surface area (Å²) in [5.41, 5.74) is 0.554. The number of piperazine rings is 1. The number of nitrogens with one attached hydrogen (secondary N) is 1. The van der Waals surface area contributed by atoms with Crippen molar-refractivity contribution in [2.45, 2.75) is 19.4 Å². The average Bonchev–Trinajstić information content (AvgIpc) is 2.33. The van der Waals surface area contributed by atoms with Crippen LogP contribution in [0.5, 0.6) is 0 Å². The minimum Gasteiger partial charge on any atom is -0.345 e. The summed E-state index contributed by atoms with van der Waals surface area (Å²) >= 11 is 0. The highest BCUT2D eigenvalue weighted by atomic mass is 19.1. The van der Waals surface area contributed by atoms with E-state index < -0.39 is 6.04 Å². The first kappa shape index (κ1) is 11.6. The number of anilines is 1. The third-order valence-corrected chi connectivity index (χ3v) is 2.79. The minimum absolute atomic E-state index is 0.00723. The molecule has 4 nitrogen and oxygen atoms in total. The number of halogens is 1. The van der Waals surface area contributed by atoms with Gasteiger partial charge in [-0.15, -0.1) is 0 Å². The normalized spacial score (nSPS) is 20.4. The second kappa shape index (κ2) is 4.53. The second-order valence-electron chi connectivity index (χ2n) is 3.88. The van der Waals surface area contributed by atoms with Gasteiger partial charge in [0.2, 0.25) is 11.8 Å². The Bertz CT molecular complexity index is 444. The van der Waals surface area contributed by atoms with Gasteiger partial charge in [0.25, 0.3) is 0 Å². The summed E-state index contributed by atoms with van der Waals surface area (Å²) in [5.74, 6) is -0.713. The minimum atomic E-state index is -0.512. The molecule has 1 aromatic rings. The predicted molar refractivity (Wildman–Crippen MR) is 61.0 cm³/mol. The van der Waals surface area contributed by atoms with Crippen molar-refractivity contribution in [1.29, 1.82) is 0 Å². The summed E-state index contributed by atoms with van der Waals surface area (Å²) in [6, 6.07) is 5.06. The highest BCUT2D eigenvalue weighted by Crippen LogP contribution is 2.21. The molecule has 5 heteroatoms. The quantitative estimate of drug-likeness (QED) is 0.835. The summed E-state index contributed by atoms with van der Waals surface area (Å²) in [5, 5.41) is 2.54. The molecule has 0 bridgehead atoms. The molecule has 1 aliphatic heterocycles. The van der Waals surface area contributed by atoms with Crippen LogP contribution in [0.1, 0.15) is 13.3 Å². The Balaban J connectivity index is 2.35. The summed E-state index contributed by atoms with van der Waals surface area (Å²) in [6.45, 7) is 1.83. The average molecular weight is 236 g/mol. The van der Waals surface area contributed by atoms with Crippen LogP contribution in [0.4, 0.5) is 10.1 Å². The lowest BCUT2D eigenvalue weighted by atomic mass is 10.1. The molecule has 90 valence electrons. The van der Waals surface area contributed by atoms with E-state index in [-0.39, 0.29) is 24.2 Å². The topological polar surface area (TPSA) is 49.4 Å². The van der Waals surface area contributed by atoms with Crippen LogP contribution in [0, 0.1) is 5.82 Å². The number of rotatable bonds is 2. The third kappa shape index (κ3) is 2.13. The molecule has 2 rings (SSSR count). The van der Waals surface area contributed by atoms with E-state index in [4.69, 9.17) is 0 Å². The zero-order valence-electron chi connectivity index (χ0n) is 9.44. The van der Waals surface area contributed by atoms with E-state index in [1.807, 2.05) is 6.92 Å². The van der Waals surface area contributed by atoms with Crippen LogP contribution in [0.25, 0.3) is 0 Å². The fourth-order valence-corrected chi connectivity index (χ4v) is 1.95. The zero-order chi connectivity index (χ0) is 12.4. The van der Waals surface area contributed by atoms with Gasteiger partial charge >= 0.3 is 0 Å². The second-order valence-corrected chi connectivity index (χ2v) is 3.88. The maximum Gasteiger partial charge on any atom is 0.247 e. The van der Waals surface area contributed by atoms with Crippen LogP contribution in [-0.2, 0) is 9.59 Å². The van der Waals surface area contributed by atoms with Crippen molar-refractivity contribution in [3.8, 4) is 0 Å². The van der Waals surface area contributed by atoms with Gasteiger partial charge in [0, 0.05) is 5.69 Å². The molecule has 1 saturated heterocycles. The molecular formula is C12H13FN2O2. The first-order chi connectivity index (χ1) is 8.13. The lowest BCUT2D eigenvalue weighted by Gasteiger charge is -2.34. The number of benzene rings is 1. The smallest absolute Gasteiger partial charge is 0.247 e. The lowest BCUT2D eigenvalue weighted by molar-refractivity contribution is -0.131. The summed E-state index contributed by atoms with van der Waals surface area (Å²) in [7, 11) is 0. The number of carbonyl (C=O) groups is 2. The SMILES string of the molecule is CCC1C(=O)NCC(=O)N1c1ccc(F)cc1. The number of hydrogen-bond donors (Lipinski definition) is 1. The van der Waals surface area contributed by atoms with E-state index in [0.29, 0.717) is 12.1 Å². The van der Waals surface area contributed by atoms with Crippen molar-refractivity contribution < 1.29 is 14.0 Å². The van der Waals surface area contributed by atoms with E-state index >= 15 is 0 Å². The maximum absolute atomic E-state index is 12.8. The Morgan fingerprint density at radius 3 is 2.59 bits per heavy atom. The van der Waals surface area contributed by atoms with Crippen molar-refractivity contribution in [2.75, 3.05) is 11.4 Å². The molecule has 1 aliphatic rings. The number of carbonyl (C=O) groups excluding carboxylic acids is 2. The van der Waals surface area contributed by atoms with Crippen molar-refractivity contribution in [2.24, 2.45) is 0 Å². The number of amides is 2. The van der Waals surface area contributed by atoms with E-state index in [0.717, 1.165) is 0 Å². The van der Waals surface area contributed by atoms with E-state index in [1.165, 1.54) is 29.2 Å². The van der Waals surface area contributed by atoms with Crippen LogP contribution in [0.3, 0.4) is 0 Å². The molecule has 1 N–H and O–H groups in total. The Morgan fingerprint density at radius 1 is 1.35 bits per heavy atom. The van der Waals surface area contributed by atoms with Crippen molar-refractivity contribution >= 4 is 17.5 Å². The third-order valence-electron chi connectivity index (χ3n) is 2.79. The zero-order valence-corrected chi connectivity index (χ0v) is 9.44. The maximum atomic E-state index is 12.8. The largest absolute Gasteiger partial charge is 0.345 e. The molecule has 1 unspecified atom stereocenters. The van der Waals surface area contributed by atoms with E-state index in [1.54, 1.807) is 0 Å². The molecule has 1 atom stereocenters. The monoisotopic (exact) mass is 236 g/mol. The Labute approximate surface area is 98.4 Å². The molecular weight excluding hydrogens is 223 g/mol. The Hall–Kier alpha value is -1.91. The molecule has 1 aromatic carbocycles.